The molecule has 0 radical (unpaired) electrons. The van der Waals surface area contributed by atoms with Crippen LogP contribution in [-0.2, 0) is 4.74 Å². The smallest absolute Gasteiger partial charge is 0.262 e. The lowest BCUT2D eigenvalue weighted by Crippen LogP contribution is -2.41. The van der Waals surface area contributed by atoms with Gasteiger partial charge in [-0.25, -0.2) is 19.9 Å². The number of anilines is 3. The standard InChI is InChI=1S/C24H25N7O2/c1-14-8-18(4-5-21(14)31-6-7-33-15(2)12-31)29-23-22-20(27-16(3)28-24(22)32)9-19(30-23)17-10-25-13-26-11-17/h4-5,8-11,13,15H,6-7,12H2,1-3H3,(H,29,30)(H,27,28,32)/t15-/m1/s1. The lowest BCUT2D eigenvalue weighted by Gasteiger charge is -2.34. The van der Waals surface area contributed by atoms with Gasteiger partial charge in [0.1, 0.15) is 23.4 Å². The zero-order valence-electron chi connectivity index (χ0n) is 18.8. The van der Waals surface area contributed by atoms with Gasteiger partial charge in [-0.3, -0.25) is 4.79 Å². The number of nitrogens with zero attached hydrogens (tertiary/aromatic N) is 5. The Morgan fingerprint density at radius 3 is 2.73 bits per heavy atom. The first-order valence-corrected chi connectivity index (χ1v) is 10.9. The van der Waals surface area contributed by atoms with Crippen LogP contribution in [0.5, 0.6) is 0 Å². The van der Waals surface area contributed by atoms with Gasteiger partial charge in [-0.15, -0.1) is 0 Å². The zero-order chi connectivity index (χ0) is 22.9. The molecule has 1 fully saturated rings. The van der Waals surface area contributed by atoms with Crippen LogP contribution in [-0.4, -0.2) is 50.7 Å². The van der Waals surface area contributed by atoms with Crippen LogP contribution in [0, 0.1) is 13.8 Å². The van der Waals surface area contributed by atoms with Crippen molar-refractivity contribution in [1.82, 2.24) is 24.9 Å². The number of benzene rings is 1. The van der Waals surface area contributed by atoms with Crippen molar-refractivity contribution in [2.45, 2.75) is 26.9 Å². The fourth-order valence-corrected chi connectivity index (χ4v) is 4.21. The molecule has 0 bridgehead atoms. The summed E-state index contributed by atoms with van der Waals surface area (Å²) in [6.07, 6.45) is 5.05. The molecule has 168 valence electrons. The molecular weight excluding hydrogens is 418 g/mol. The molecule has 1 atom stereocenters. The number of rotatable bonds is 4. The van der Waals surface area contributed by atoms with Crippen molar-refractivity contribution < 1.29 is 4.74 Å². The van der Waals surface area contributed by atoms with E-state index in [-0.39, 0.29) is 11.7 Å². The highest BCUT2D eigenvalue weighted by Gasteiger charge is 2.19. The van der Waals surface area contributed by atoms with Crippen molar-refractivity contribution >= 4 is 28.1 Å². The Morgan fingerprint density at radius 1 is 1.15 bits per heavy atom. The van der Waals surface area contributed by atoms with Gasteiger partial charge < -0.3 is 19.9 Å². The average Bonchev–Trinajstić information content (AvgIpc) is 2.79. The fraction of sp³-hybridized carbons (Fsp3) is 0.292. The van der Waals surface area contributed by atoms with E-state index in [9.17, 15) is 4.79 Å². The quantitative estimate of drug-likeness (QED) is 0.494. The monoisotopic (exact) mass is 443 g/mol. The van der Waals surface area contributed by atoms with Crippen LogP contribution >= 0.6 is 0 Å². The summed E-state index contributed by atoms with van der Waals surface area (Å²) in [6, 6.07) is 7.95. The van der Waals surface area contributed by atoms with Gasteiger partial charge in [-0.1, -0.05) is 0 Å². The van der Waals surface area contributed by atoms with Crippen molar-refractivity contribution in [1.29, 1.82) is 0 Å². The number of aromatic amines is 1. The van der Waals surface area contributed by atoms with E-state index in [1.165, 1.54) is 12.0 Å². The number of morpholine rings is 1. The third-order valence-electron chi connectivity index (χ3n) is 5.71. The molecule has 0 spiro atoms. The number of fused-ring (bicyclic) bond motifs is 1. The SMILES string of the molecule is Cc1nc2cc(-c3cncnc3)nc(Nc3ccc(N4CCO[C@H](C)C4)c(C)c3)c2c(=O)[nH]1. The van der Waals surface area contributed by atoms with E-state index in [4.69, 9.17) is 9.72 Å². The van der Waals surface area contributed by atoms with E-state index in [1.807, 2.05) is 6.07 Å². The summed E-state index contributed by atoms with van der Waals surface area (Å²) in [7, 11) is 0. The molecule has 5 rings (SSSR count). The maximum atomic E-state index is 12.8. The van der Waals surface area contributed by atoms with Gasteiger partial charge in [0, 0.05) is 42.4 Å². The van der Waals surface area contributed by atoms with Crippen molar-refractivity contribution in [3.63, 3.8) is 0 Å². The van der Waals surface area contributed by atoms with Crippen LogP contribution in [0.4, 0.5) is 17.2 Å². The summed E-state index contributed by atoms with van der Waals surface area (Å²) >= 11 is 0. The van der Waals surface area contributed by atoms with E-state index >= 15 is 0 Å². The van der Waals surface area contributed by atoms with Gasteiger partial charge in [0.25, 0.3) is 5.56 Å². The van der Waals surface area contributed by atoms with Gasteiger partial charge in [-0.2, -0.15) is 0 Å². The highest BCUT2D eigenvalue weighted by molar-refractivity contribution is 5.93. The van der Waals surface area contributed by atoms with Crippen molar-refractivity contribution in [3.8, 4) is 11.3 Å². The number of nitrogens with one attached hydrogen (secondary N) is 2. The fourth-order valence-electron chi connectivity index (χ4n) is 4.21. The minimum atomic E-state index is -0.237. The minimum absolute atomic E-state index is 0.207. The van der Waals surface area contributed by atoms with Crippen LogP contribution in [0.2, 0.25) is 0 Å². The summed E-state index contributed by atoms with van der Waals surface area (Å²) in [5.41, 5.74) is 4.86. The van der Waals surface area contributed by atoms with Crippen molar-refractivity contribution in [2.24, 2.45) is 0 Å². The zero-order valence-corrected chi connectivity index (χ0v) is 18.8. The largest absolute Gasteiger partial charge is 0.375 e. The molecule has 33 heavy (non-hydrogen) atoms. The van der Waals surface area contributed by atoms with Gasteiger partial charge >= 0.3 is 0 Å². The van der Waals surface area contributed by atoms with Crippen LogP contribution < -0.4 is 15.8 Å². The molecular formula is C24H25N7O2. The highest BCUT2D eigenvalue weighted by atomic mass is 16.5. The first-order valence-electron chi connectivity index (χ1n) is 10.9. The predicted molar refractivity (Wildman–Crippen MR) is 128 cm³/mol. The summed E-state index contributed by atoms with van der Waals surface area (Å²) in [4.78, 5) is 35.4. The Morgan fingerprint density at radius 2 is 1.97 bits per heavy atom. The van der Waals surface area contributed by atoms with Crippen molar-refractivity contribution in [2.75, 3.05) is 29.9 Å². The topological polar surface area (TPSA) is 109 Å². The number of H-pyrrole nitrogens is 1. The summed E-state index contributed by atoms with van der Waals surface area (Å²) < 4.78 is 5.67. The maximum absolute atomic E-state index is 12.8. The summed E-state index contributed by atoms with van der Waals surface area (Å²) in [5, 5.41) is 3.75. The Kier molecular flexibility index (Phi) is 5.47. The van der Waals surface area contributed by atoms with Gasteiger partial charge in [0.2, 0.25) is 0 Å². The summed E-state index contributed by atoms with van der Waals surface area (Å²) in [6.45, 7) is 8.39. The molecule has 1 aliphatic rings. The molecule has 1 aromatic carbocycles. The number of hydrogen-bond donors (Lipinski definition) is 2. The maximum Gasteiger partial charge on any atom is 0.262 e. The molecule has 0 aliphatic carbocycles. The molecule has 1 saturated heterocycles. The van der Waals surface area contributed by atoms with Gasteiger partial charge in [0.15, 0.2) is 0 Å². The number of ether oxygens (including phenoxy) is 1. The Labute approximate surface area is 190 Å². The molecule has 9 heteroatoms. The Bertz CT molecular complexity index is 1370. The third-order valence-corrected chi connectivity index (χ3v) is 5.71. The highest BCUT2D eigenvalue weighted by Crippen LogP contribution is 2.30. The minimum Gasteiger partial charge on any atom is -0.375 e. The third kappa shape index (κ3) is 4.27. The van der Waals surface area contributed by atoms with E-state index in [1.54, 1.807) is 25.4 Å². The van der Waals surface area contributed by atoms with E-state index in [2.05, 4.69) is 56.1 Å². The van der Waals surface area contributed by atoms with E-state index in [0.717, 1.165) is 36.5 Å². The molecule has 4 heterocycles. The second kappa shape index (κ2) is 8.59. The molecule has 4 aromatic rings. The normalized spacial score (nSPS) is 16.2. The van der Waals surface area contributed by atoms with Crippen molar-refractivity contribution in [3.05, 3.63) is 64.7 Å². The number of aromatic nitrogens is 5. The van der Waals surface area contributed by atoms with E-state index in [0.29, 0.717) is 28.2 Å². The van der Waals surface area contributed by atoms with Crippen LogP contribution in [0.15, 0.2) is 47.8 Å². The molecule has 3 aromatic heterocycles. The number of aryl methyl sites for hydroxylation is 2. The molecule has 2 N–H and O–H groups in total. The predicted octanol–water partition coefficient (Wildman–Crippen LogP) is 3.36. The lowest BCUT2D eigenvalue weighted by atomic mass is 10.1. The second-order valence-corrected chi connectivity index (χ2v) is 8.28. The molecule has 1 aliphatic heterocycles. The van der Waals surface area contributed by atoms with Crippen LogP contribution in [0.1, 0.15) is 18.3 Å². The average molecular weight is 444 g/mol. The van der Waals surface area contributed by atoms with Gasteiger partial charge in [0.05, 0.1) is 23.9 Å². The molecule has 0 unspecified atom stereocenters. The molecule has 9 nitrogen and oxygen atoms in total. The Hall–Kier alpha value is -3.85. The number of pyridine rings is 1. The first-order chi connectivity index (χ1) is 16.0. The summed E-state index contributed by atoms with van der Waals surface area (Å²) in [5.74, 6) is 0.979. The molecule has 0 saturated carbocycles. The van der Waals surface area contributed by atoms with Crippen LogP contribution in [0.3, 0.4) is 0 Å². The Balaban J connectivity index is 1.55. The number of hydrogen-bond acceptors (Lipinski definition) is 8. The van der Waals surface area contributed by atoms with E-state index < -0.39 is 0 Å². The molecule has 0 amide bonds. The first kappa shape index (κ1) is 21.0. The van der Waals surface area contributed by atoms with Gasteiger partial charge in [-0.05, 0) is 50.6 Å². The second-order valence-electron chi connectivity index (χ2n) is 8.28. The van der Waals surface area contributed by atoms with Crippen LogP contribution in [0.25, 0.3) is 22.2 Å². The lowest BCUT2D eigenvalue weighted by molar-refractivity contribution is 0.0532.